The van der Waals surface area contributed by atoms with Gasteiger partial charge in [0, 0.05) is 0 Å². The molecule has 3 unspecified atom stereocenters. The summed E-state index contributed by atoms with van der Waals surface area (Å²) in [7, 11) is 2.16. The monoisotopic (exact) mass is 214 g/mol. The Kier molecular flexibility index (Phi) is 3.97. The number of nitrogens with zero attached hydrogens (tertiary/aromatic N) is 1. The minimum atomic E-state index is -0.0214. The van der Waals surface area contributed by atoms with Crippen LogP contribution in [0.25, 0.3) is 0 Å². The van der Waals surface area contributed by atoms with Gasteiger partial charge in [-0.05, 0) is 39.4 Å². The molecule has 2 heterocycles. The van der Waals surface area contributed by atoms with Gasteiger partial charge in [0.1, 0.15) is 0 Å². The van der Waals surface area contributed by atoms with E-state index in [1.165, 1.54) is 19.3 Å². The van der Waals surface area contributed by atoms with Gasteiger partial charge in [0.05, 0.1) is 18.8 Å². The Balaban J connectivity index is 1.83. The number of rotatable bonds is 3. The third kappa shape index (κ3) is 2.69. The molecule has 0 saturated carbocycles. The second-order valence-electron chi connectivity index (χ2n) is 4.58. The second-order valence-corrected chi connectivity index (χ2v) is 4.58. The molecule has 2 saturated heterocycles. The van der Waals surface area contributed by atoms with Crippen LogP contribution in [0.15, 0.2) is 0 Å². The first-order valence-electron chi connectivity index (χ1n) is 5.98. The Morgan fingerprint density at radius 1 is 1.40 bits per heavy atom. The van der Waals surface area contributed by atoms with Crippen molar-refractivity contribution < 1.29 is 9.47 Å². The van der Waals surface area contributed by atoms with Crippen molar-refractivity contribution in [1.29, 1.82) is 0 Å². The second kappa shape index (κ2) is 5.25. The predicted molar refractivity (Wildman–Crippen MR) is 58.6 cm³/mol. The molecule has 0 aromatic rings. The van der Waals surface area contributed by atoms with E-state index in [9.17, 15) is 0 Å². The summed E-state index contributed by atoms with van der Waals surface area (Å²) >= 11 is 0. The Bertz CT molecular complexity index is 201. The fourth-order valence-electron chi connectivity index (χ4n) is 2.45. The summed E-state index contributed by atoms with van der Waals surface area (Å²) in [5, 5.41) is 0. The van der Waals surface area contributed by atoms with E-state index >= 15 is 0 Å². The molecule has 2 fully saturated rings. The average molecular weight is 214 g/mol. The first kappa shape index (κ1) is 11.3. The van der Waals surface area contributed by atoms with Crippen LogP contribution in [-0.4, -0.2) is 50.1 Å². The first-order chi connectivity index (χ1) is 7.31. The van der Waals surface area contributed by atoms with E-state index < -0.39 is 0 Å². The molecule has 2 N–H and O–H groups in total. The van der Waals surface area contributed by atoms with Crippen molar-refractivity contribution in [3.05, 3.63) is 0 Å². The van der Waals surface area contributed by atoms with Crippen molar-refractivity contribution in [2.24, 2.45) is 5.73 Å². The normalized spacial score (nSPS) is 38.4. The van der Waals surface area contributed by atoms with Gasteiger partial charge in [-0.25, -0.2) is 0 Å². The molecule has 2 aliphatic heterocycles. The van der Waals surface area contributed by atoms with E-state index in [1.807, 2.05) is 0 Å². The first-order valence-corrected chi connectivity index (χ1v) is 5.98. The number of hydrogen-bond acceptors (Lipinski definition) is 4. The number of ether oxygens (including phenoxy) is 2. The van der Waals surface area contributed by atoms with E-state index in [0.29, 0.717) is 19.2 Å². The summed E-state index contributed by atoms with van der Waals surface area (Å²) in [5.74, 6) is 0. The maximum atomic E-state index is 5.87. The number of likely N-dealkylation sites (tertiary alicyclic amines) is 1. The van der Waals surface area contributed by atoms with Crippen LogP contribution < -0.4 is 5.73 Å². The third-order valence-corrected chi connectivity index (χ3v) is 3.40. The van der Waals surface area contributed by atoms with Gasteiger partial charge in [0.25, 0.3) is 0 Å². The Hall–Kier alpha value is -0.160. The maximum Gasteiger partial charge on any atom is 0.173 e. The van der Waals surface area contributed by atoms with Gasteiger partial charge in [0.15, 0.2) is 6.29 Å². The van der Waals surface area contributed by atoms with E-state index in [0.717, 1.165) is 13.0 Å². The molecule has 88 valence electrons. The topological polar surface area (TPSA) is 47.7 Å². The van der Waals surface area contributed by atoms with Crippen LogP contribution in [0.5, 0.6) is 0 Å². The fraction of sp³-hybridized carbons (Fsp3) is 1.00. The summed E-state index contributed by atoms with van der Waals surface area (Å²) in [6.07, 6.45) is 4.89. The molecule has 4 nitrogen and oxygen atoms in total. The quantitative estimate of drug-likeness (QED) is 0.746. The standard InChI is InChI=1S/C11H22N2O2/c1-13-7-3-2-4-10(13)11-14-8-9(15-11)5-6-12/h9-11H,2-8,12H2,1H3. The number of likely N-dealkylation sites (N-methyl/N-ethyl adjacent to an activating group) is 1. The van der Waals surface area contributed by atoms with Crippen molar-refractivity contribution in [3.63, 3.8) is 0 Å². The Labute approximate surface area is 91.7 Å². The molecular weight excluding hydrogens is 192 g/mol. The molecule has 2 aliphatic rings. The van der Waals surface area contributed by atoms with Gasteiger partial charge >= 0.3 is 0 Å². The van der Waals surface area contributed by atoms with Crippen LogP contribution in [0.4, 0.5) is 0 Å². The maximum absolute atomic E-state index is 5.87. The van der Waals surface area contributed by atoms with Crippen molar-refractivity contribution in [2.45, 2.75) is 44.1 Å². The zero-order valence-corrected chi connectivity index (χ0v) is 9.52. The Morgan fingerprint density at radius 3 is 3.00 bits per heavy atom. The number of nitrogens with two attached hydrogens (primary N) is 1. The molecular formula is C11H22N2O2. The van der Waals surface area contributed by atoms with E-state index in [4.69, 9.17) is 15.2 Å². The molecule has 0 aromatic heterocycles. The van der Waals surface area contributed by atoms with Gasteiger partial charge in [0.2, 0.25) is 0 Å². The molecule has 0 bridgehead atoms. The largest absolute Gasteiger partial charge is 0.348 e. The minimum Gasteiger partial charge on any atom is -0.348 e. The zero-order chi connectivity index (χ0) is 10.7. The fourth-order valence-corrected chi connectivity index (χ4v) is 2.45. The minimum absolute atomic E-state index is 0.0214. The van der Waals surface area contributed by atoms with Crippen LogP contribution in [0.3, 0.4) is 0 Å². The van der Waals surface area contributed by atoms with E-state index in [-0.39, 0.29) is 12.4 Å². The van der Waals surface area contributed by atoms with Crippen molar-refractivity contribution in [1.82, 2.24) is 4.90 Å². The van der Waals surface area contributed by atoms with E-state index in [1.54, 1.807) is 0 Å². The van der Waals surface area contributed by atoms with Crippen LogP contribution in [0.1, 0.15) is 25.7 Å². The van der Waals surface area contributed by atoms with Crippen molar-refractivity contribution in [2.75, 3.05) is 26.7 Å². The van der Waals surface area contributed by atoms with Gasteiger partial charge in [-0.3, -0.25) is 4.90 Å². The lowest BCUT2D eigenvalue weighted by atomic mass is 10.0. The average Bonchev–Trinajstić information content (AvgIpc) is 2.68. The summed E-state index contributed by atoms with van der Waals surface area (Å²) in [5.41, 5.74) is 5.51. The summed E-state index contributed by atoms with van der Waals surface area (Å²) in [6, 6.07) is 0.446. The molecule has 2 rings (SSSR count). The highest BCUT2D eigenvalue weighted by Crippen LogP contribution is 2.25. The van der Waals surface area contributed by atoms with Gasteiger partial charge < -0.3 is 15.2 Å². The molecule has 0 amide bonds. The van der Waals surface area contributed by atoms with Crippen LogP contribution in [-0.2, 0) is 9.47 Å². The number of piperidine rings is 1. The Morgan fingerprint density at radius 2 is 2.27 bits per heavy atom. The van der Waals surface area contributed by atoms with Gasteiger partial charge in [-0.1, -0.05) is 6.42 Å². The predicted octanol–water partition coefficient (Wildman–Crippen LogP) is 0.561. The summed E-state index contributed by atoms with van der Waals surface area (Å²) in [6.45, 7) is 2.56. The molecule has 0 radical (unpaired) electrons. The number of hydrogen-bond donors (Lipinski definition) is 1. The van der Waals surface area contributed by atoms with Crippen LogP contribution in [0.2, 0.25) is 0 Å². The molecule has 4 heteroatoms. The molecule has 0 aliphatic carbocycles. The molecule has 15 heavy (non-hydrogen) atoms. The highest BCUT2D eigenvalue weighted by Gasteiger charge is 2.35. The summed E-state index contributed by atoms with van der Waals surface area (Å²) < 4.78 is 11.6. The van der Waals surface area contributed by atoms with Crippen molar-refractivity contribution >= 4 is 0 Å². The third-order valence-electron chi connectivity index (χ3n) is 3.40. The van der Waals surface area contributed by atoms with Crippen LogP contribution in [0, 0.1) is 0 Å². The lowest BCUT2D eigenvalue weighted by Gasteiger charge is -2.35. The lowest BCUT2D eigenvalue weighted by Crippen LogP contribution is -2.45. The lowest BCUT2D eigenvalue weighted by molar-refractivity contribution is -0.114. The molecule has 0 aromatic carbocycles. The van der Waals surface area contributed by atoms with E-state index in [2.05, 4.69) is 11.9 Å². The SMILES string of the molecule is CN1CCCCC1C1OCC(CCN)O1. The molecule has 3 atom stereocenters. The smallest absolute Gasteiger partial charge is 0.173 e. The highest BCUT2D eigenvalue weighted by molar-refractivity contribution is 4.81. The zero-order valence-electron chi connectivity index (χ0n) is 9.52. The summed E-state index contributed by atoms with van der Waals surface area (Å²) in [4.78, 5) is 2.36. The van der Waals surface area contributed by atoms with Crippen molar-refractivity contribution in [3.8, 4) is 0 Å². The molecule has 0 spiro atoms. The van der Waals surface area contributed by atoms with Gasteiger partial charge in [-0.15, -0.1) is 0 Å². The van der Waals surface area contributed by atoms with Gasteiger partial charge in [-0.2, -0.15) is 0 Å². The van der Waals surface area contributed by atoms with Crippen LogP contribution >= 0.6 is 0 Å². The highest BCUT2D eigenvalue weighted by atomic mass is 16.7.